The van der Waals surface area contributed by atoms with Crippen molar-refractivity contribution in [2.75, 3.05) is 64.0 Å². The van der Waals surface area contributed by atoms with E-state index in [1.165, 1.54) is 11.3 Å². The van der Waals surface area contributed by atoms with E-state index >= 15 is 0 Å². The lowest BCUT2D eigenvalue weighted by atomic mass is 10.0. The number of morpholine rings is 2. The summed E-state index contributed by atoms with van der Waals surface area (Å²) in [5, 5.41) is 4.28. The Hall–Kier alpha value is -0.640. The molecule has 1 aromatic heterocycles. The number of amides is 1. The van der Waals surface area contributed by atoms with E-state index in [4.69, 9.17) is 9.47 Å². The summed E-state index contributed by atoms with van der Waals surface area (Å²) in [6.07, 6.45) is 0.970. The Morgan fingerprint density at radius 2 is 2.00 bits per heavy atom. The molecule has 0 bridgehead atoms. The van der Waals surface area contributed by atoms with Crippen LogP contribution in [0.1, 0.15) is 21.8 Å². The number of aryl methyl sites for hydroxylation is 1. The SMILES string of the molecule is Cc1nc(N2CCOCC2)sc1C(=O)N1CCOC2(CCNC2)C1.Cl.Cl. The average molecular weight is 425 g/mol. The summed E-state index contributed by atoms with van der Waals surface area (Å²) in [7, 11) is 0. The molecular formula is C16H26Cl2N4O3S. The third-order valence-electron chi connectivity index (χ3n) is 5.00. The van der Waals surface area contributed by atoms with Crippen LogP contribution in [0.4, 0.5) is 5.13 Å². The predicted molar refractivity (Wildman–Crippen MR) is 106 cm³/mol. The second-order valence-electron chi connectivity index (χ2n) is 6.70. The number of carbonyl (C=O) groups excluding carboxylic acids is 1. The Labute approximate surface area is 170 Å². The van der Waals surface area contributed by atoms with Crippen LogP contribution < -0.4 is 10.2 Å². The summed E-state index contributed by atoms with van der Waals surface area (Å²) < 4.78 is 11.4. The minimum atomic E-state index is -0.195. The fourth-order valence-corrected chi connectivity index (χ4v) is 4.70. The lowest BCUT2D eigenvalue weighted by Crippen LogP contribution is -2.54. The molecule has 148 valence electrons. The van der Waals surface area contributed by atoms with E-state index in [-0.39, 0.29) is 36.3 Å². The number of aromatic nitrogens is 1. The molecule has 1 amide bonds. The smallest absolute Gasteiger partial charge is 0.266 e. The van der Waals surface area contributed by atoms with Crippen molar-refractivity contribution in [1.82, 2.24) is 15.2 Å². The lowest BCUT2D eigenvalue weighted by Gasteiger charge is -2.39. The van der Waals surface area contributed by atoms with Crippen LogP contribution in [0.25, 0.3) is 0 Å². The first-order valence-corrected chi connectivity index (χ1v) is 9.43. The maximum absolute atomic E-state index is 13.0. The Morgan fingerprint density at radius 3 is 2.69 bits per heavy atom. The third kappa shape index (κ3) is 4.26. The van der Waals surface area contributed by atoms with Gasteiger partial charge in [-0.15, -0.1) is 24.8 Å². The summed E-state index contributed by atoms with van der Waals surface area (Å²) >= 11 is 1.51. The Balaban J connectivity index is 0.00000121. The van der Waals surface area contributed by atoms with Gasteiger partial charge in [-0.05, 0) is 19.9 Å². The van der Waals surface area contributed by atoms with Gasteiger partial charge in [-0.25, -0.2) is 4.98 Å². The van der Waals surface area contributed by atoms with Crippen LogP contribution in [0, 0.1) is 6.92 Å². The van der Waals surface area contributed by atoms with Crippen LogP contribution in [0.2, 0.25) is 0 Å². The minimum absolute atomic E-state index is 0. The van der Waals surface area contributed by atoms with Gasteiger partial charge in [0.1, 0.15) is 4.88 Å². The van der Waals surface area contributed by atoms with Gasteiger partial charge in [0.15, 0.2) is 5.13 Å². The molecule has 0 aromatic carbocycles. The zero-order chi connectivity index (χ0) is 16.6. The highest BCUT2D eigenvalue weighted by Crippen LogP contribution is 2.30. The van der Waals surface area contributed by atoms with Gasteiger partial charge in [0.25, 0.3) is 5.91 Å². The molecule has 26 heavy (non-hydrogen) atoms. The molecule has 4 rings (SSSR count). The first kappa shape index (κ1) is 21.7. The Morgan fingerprint density at radius 1 is 1.23 bits per heavy atom. The molecule has 7 nitrogen and oxygen atoms in total. The molecule has 0 saturated carbocycles. The Bertz CT molecular complexity index is 619. The van der Waals surface area contributed by atoms with Gasteiger partial charge in [0.05, 0.1) is 37.7 Å². The topological polar surface area (TPSA) is 66.9 Å². The number of nitrogens with one attached hydrogen (secondary N) is 1. The molecule has 1 atom stereocenters. The number of thiazole rings is 1. The summed E-state index contributed by atoms with van der Waals surface area (Å²) in [5.74, 6) is 0.0964. The van der Waals surface area contributed by atoms with Crippen LogP contribution in [-0.4, -0.2) is 80.5 Å². The number of ether oxygens (including phenoxy) is 2. The van der Waals surface area contributed by atoms with Gasteiger partial charge >= 0.3 is 0 Å². The number of nitrogens with zero attached hydrogens (tertiary/aromatic N) is 3. The standard InChI is InChI=1S/C16H24N4O3S.2ClH/c1-12-13(24-15(18-12)19-4-7-22-8-5-19)14(21)20-6-9-23-16(11-20)2-3-17-10-16;;/h17H,2-11H2,1H3;2*1H. The highest BCUT2D eigenvalue weighted by Gasteiger charge is 2.41. The monoisotopic (exact) mass is 424 g/mol. The summed E-state index contributed by atoms with van der Waals surface area (Å²) in [6.45, 7) is 8.79. The molecule has 3 aliphatic rings. The van der Waals surface area contributed by atoms with Gasteiger partial charge in [0, 0.05) is 26.2 Å². The quantitative estimate of drug-likeness (QED) is 0.772. The van der Waals surface area contributed by atoms with Gasteiger partial charge in [-0.3, -0.25) is 4.79 Å². The molecule has 1 spiro atoms. The molecule has 0 radical (unpaired) electrons. The van der Waals surface area contributed by atoms with Gasteiger partial charge in [-0.2, -0.15) is 0 Å². The number of rotatable bonds is 2. The van der Waals surface area contributed by atoms with E-state index in [0.717, 1.165) is 61.5 Å². The molecule has 10 heteroatoms. The van der Waals surface area contributed by atoms with E-state index in [1.54, 1.807) is 0 Å². The molecule has 0 aliphatic carbocycles. The minimum Gasteiger partial charge on any atom is -0.378 e. The van der Waals surface area contributed by atoms with Crippen LogP contribution in [0.5, 0.6) is 0 Å². The highest BCUT2D eigenvalue weighted by molar-refractivity contribution is 7.17. The van der Waals surface area contributed by atoms with Crippen LogP contribution in [-0.2, 0) is 9.47 Å². The maximum atomic E-state index is 13.0. The van der Waals surface area contributed by atoms with Crippen molar-refractivity contribution in [3.05, 3.63) is 10.6 Å². The van der Waals surface area contributed by atoms with Gasteiger partial charge in [0.2, 0.25) is 0 Å². The van der Waals surface area contributed by atoms with Crippen LogP contribution in [0.3, 0.4) is 0 Å². The highest BCUT2D eigenvalue weighted by atomic mass is 35.5. The van der Waals surface area contributed by atoms with Crippen LogP contribution >= 0.6 is 36.2 Å². The zero-order valence-electron chi connectivity index (χ0n) is 14.9. The number of halogens is 2. The van der Waals surface area contributed by atoms with E-state index in [0.29, 0.717) is 19.7 Å². The lowest BCUT2D eigenvalue weighted by molar-refractivity contribution is -0.0865. The summed E-state index contributed by atoms with van der Waals surface area (Å²) in [6, 6.07) is 0. The number of hydrogen-bond acceptors (Lipinski definition) is 7. The molecule has 1 N–H and O–H groups in total. The summed E-state index contributed by atoms with van der Waals surface area (Å²) in [4.78, 5) is 22.6. The molecular weight excluding hydrogens is 399 g/mol. The van der Waals surface area contributed by atoms with Crippen LogP contribution in [0.15, 0.2) is 0 Å². The van der Waals surface area contributed by atoms with E-state index < -0.39 is 0 Å². The van der Waals surface area contributed by atoms with Crippen molar-refractivity contribution in [2.24, 2.45) is 0 Å². The predicted octanol–water partition coefficient (Wildman–Crippen LogP) is 1.34. The maximum Gasteiger partial charge on any atom is 0.266 e. The second-order valence-corrected chi connectivity index (χ2v) is 7.67. The number of anilines is 1. The largest absolute Gasteiger partial charge is 0.378 e. The fourth-order valence-electron chi connectivity index (χ4n) is 3.61. The Kier molecular flexibility index (Phi) is 7.52. The molecule has 3 saturated heterocycles. The average Bonchev–Trinajstić information content (AvgIpc) is 3.22. The first-order chi connectivity index (χ1) is 11.7. The van der Waals surface area contributed by atoms with E-state index in [9.17, 15) is 4.79 Å². The van der Waals surface area contributed by atoms with Crippen molar-refractivity contribution >= 4 is 47.2 Å². The van der Waals surface area contributed by atoms with Crippen molar-refractivity contribution in [1.29, 1.82) is 0 Å². The third-order valence-corrected chi connectivity index (χ3v) is 6.21. The van der Waals surface area contributed by atoms with Gasteiger partial charge in [-0.1, -0.05) is 11.3 Å². The fraction of sp³-hybridized carbons (Fsp3) is 0.750. The normalized spacial score (nSPS) is 25.7. The first-order valence-electron chi connectivity index (χ1n) is 8.61. The zero-order valence-corrected chi connectivity index (χ0v) is 17.3. The van der Waals surface area contributed by atoms with Crippen molar-refractivity contribution in [3.8, 4) is 0 Å². The summed E-state index contributed by atoms with van der Waals surface area (Å²) in [5.41, 5.74) is 0.635. The van der Waals surface area contributed by atoms with Crippen molar-refractivity contribution in [2.45, 2.75) is 18.9 Å². The van der Waals surface area contributed by atoms with Crippen molar-refractivity contribution in [3.63, 3.8) is 0 Å². The molecule has 4 heterocycles. The van der Waals surface area contributed by atoms with Crippen molar-refractivity contribution < 1.29 is 14.3 Å². The molecule has 3 fully saturated rings. The van der Waals surface area contributed by atoms with Gasteiger partial charge < -0.3 is 24.6 Å². The molecule has 3 aliphatic heterocycles. The molecule has 1 unspecified atom stereocenters. The van der Waals surface area contributed by atoms with E-state index in [1.807, 2.05) is 11.8 Å². The second kappa shape index (κ2) is 9.03. The van der Waals surface area contributed by atoms with E-state index in [2.05, 4.69) is 15.2 Å². The number of hydrogen-bond donors (Lipinski definition) is 1. The molecule has 1 aromatic rings. The number of carbonyl (C=O) groups is 1.